The highest BCUT2D eigenvalue weighted by molar-refractivity contribution is 5.82. The average molecular weight is 310 g/mol. The third-order valence-corrected chi connectivity index (χ3v) is 3.98. The van der Waals surface area contributed by atoms with Gasteiger partial charge >= 0.3 is 0 Å². The zero-order valence-corrected chi connectivity index (χ0v) is 13.3. The molecule has 1 unspecified atom stereocenters. The maximum atomic E-state index is 12.1. The zero-order chi connectivity index (χ0) is 16.1. The van der Waals surface area contributed by atoms with Gasteiger partial charge in [0, 0.05) is 13.1 Å². The van der Waals surface area contributed by atoms with Gasteiger partial charge in [-0.1, -0.05) is 48.0 Å². The molecule has 120 valence electrons. The Hall–Kier alpha value is -2.17. The summed E-state index contributed by atoms with van der Waals surface area (Å²) < 4.78 is 5.32. The van der Waals surface area contributed by atoms with Gasteiger partial charge in [0.15, 0.2) is 0 Å². The van der Waals surface area contributed by atoms with Crippen molar-refractivity contribution >= 4 is 5.91 Å². The molecule has 0 spiro atoms. The second-order valence-corrected chi connectivity index (χ2v) is 5.87. The van der Waals surface area contributed by atoms with Gasteiger partial charge in [0.1, 0.15) is 6.04 Å². The van der Waals surface area contributed by atoms with E-state index in [1.54, 1.807) is 0 Å². The van der Waals surface area contributed by atoms with Crippen LogP contribution in [0.3, 0.4) is 0 Å². The summed E-state index contributed by atoms with van der Waals surface area (Å²) in [5.74, 6) is -0.00865. The number of hydrogen-bond donors (Lipinski definition) is 2. The van der Waals surface area contributed by atoms with Crippen LogP contribution in [0.4, 0.5) is 0 Å². The monoisotopic (exact) mass is 310 g/mol. The molecule has 2 N–H and O–H groups in total. The number of amides is 1. The summed E-state index contributed by atoms with van der Waals surface area (Å²) in [6.45, 7) is 4.45. The topological polar surface area (TPSA) is 50.4 Å². The number of hydrogen-bond acceptors (Lipinski definition) is 3. The predicted molar refractivity (Wildman–Crippen MR) is 91.1 cm³/mol. The summed E-state index contributed by atoms with van der Waals surface area (Å²) >= 11 is 0. The van der Waals surface area contributed by atoms with Crippen LogP contribution in [0.25, 0.3) is 11.1 Å². The quantitative estimate of drug-likeness (QED) is 0.911. The Kier molecular flexibility index (Phi) is 5.05. The number of nitrogens with one attached hydrogen (secondary N) is 2. The number of ether oxygens (including phenoxy) is 1. The molecule has 0 saturated carbocycles. The fraction of sp³-hybridized carbons (Fsp3) is 0.316. The molecule has 4 heteroatoms. The van der Waals surface area contributed by atoms with Crippen LogP contribution in [0.15, 0.2) is 48.5 Å². The minimum Gasteiger partial charge on any atom is -0.378 e. The first-order valence-electron chi connectivity index (χ1n) is 7.97. The number of rotatable bonds is 4. The SMILES string of the molecule is Cc1cccc(-c2cccc(CNC(=O)C3COCCN3)c2)c1. The minimum absolute atomic E-state index is 0.00865. The van der Waals surface area contributed by atoms with E-state index in [2.05, 4.69) is 54.0 Å². The van der Waals surface area contributed by atoms with E-state index in [4.69, 9.17) is 4.74 Å². The predicted octanol–water partition coefficient (Wildman–Crippen LogP) is 2.27. The maximum absolute atomic E-state index is 12.1. The lowest BCUT2D eigenvalue weighted by Gasteiger charge is -2.22. The van der Waals surface area contributed by atoms with Gasteiger partial charge in [-0.05, 0) is 29.7 Å². The lowest BCUT2D eigenvalue weighted by molar-refractivity contribution is -0.126. The van der Waals surface area contributed by atoms with Gasteiger partial charge in [0.25, 0.3) is 0 Å². The summed E-state index contributed by atoms with van der Waals surface area (Å²) in [6.07, 6.45) is 0. The van der Waals surface area contributed by atoms with Crippen molar-refractivity contribution in [3.8, 4) is 11.1 Å². The smallest absolute Gasteiger partial charge is 0.239 e. The van der Waals surface area contributed by atoms with Crippen molar-refractivity contribution in [3.63, 3.8) is 0 Å². The third-order valence-electron chi connectivity index (χ3n) is 3.98. The number of benzene rings is 2. The second kappa shape index (κ2) is 7.40. The van der Waals surface area contributed by atoms with Gasteiger partial charge in [-0.2, -0.15) is 0 Å². The molecule has 1 aliphatic rings. The molecule has 1 fully saturated rings. The van der Waals surface area contributed by atoms with Crippen molar-refractivity contribution in [2.24, 2.45) is 0 Å². The standard InChI is InChI=1S/C19H22N2O2/c1-14-4-2-6-16(10-14)17-7-3-5-15(11-17)12-21-19(22)18-13-23-9-8-20-18/h2-7,10-11,18,20H,8-9,12-13H2,1H3,(H,21,22). The highest BCUT2D eigenvalue weighted by Gasteiger charge is 2.20. The summed E-state index contributed by atoms with van der Waals surface area (Å²) in [4.78, 5) is 12.1. The van der Waals surface area contributed by atoms with Crippen LogP contribution in [0, 0.1) is 6.92 Å². The molecule has 2 aromatic carbocycles. The van der Waals surface area contributed by atoms with Crippen molar-refractivity contribution in [1.29, 1.82) is 0 Å². The van der Waals surface area contributed by atoms with Gasteiger partial charge in [0.2, 0.25) is 5.91 Å². The number of morpholine rings is 1. The summed E-state index contributed by atoms with van der Waals surface area (Å²) in [6, 6.07) is 16.5. The Morgan fingerprint density at radius 1 is 1.22 bits per heavy atom. The Morgan fingerprint density at radius 3 is 2.74 bits per heavy atom. The van der Waals surface area contributed by atoms with Gasteiger partial charge < -0.3 is 15.4 Å². The Balaban J connectivity index is 1.64. The number of aryl methyl sites for hydroxylation is 1. The van der Waals surface area contributed by atoms with Crippen LogP contribution in [0.5, 0.6) is 0 Å². The Morgan fingerprint density at radius 2 is 2.00 bits per heavy atom. The first-order valence-corrected chi connectivity index (χ1v) is 7.97. The van der Waals surface area contributed by atoms with E-state index in [-0.39, 0.29) is 11.9 Å². The molecule has 2 aromatic rings. The molecule has 1 atom stereocenters. The molecule has 0 radical (unpaired) electrons. The minimum atomic E-state index is -0.247. The van der Waals surface area contributed by atoms with E-state index < -0.39 is 0 Å². The molecular formula is C19H22N2O2. The van der Waals surface area contributed by atoms with Crippen molar-refractivity contribution in [2.45, 2.75) is 19.5 Å². The molecule has 3 rings (SSSR count). The fourth-order valence-corrected chi connectivity index (χ4v) is 2.73. The zero-order valence-electron chi connectivity index (χ0n) is 13.3. The molecule has 23 heavy (non-hydrogen) atoms. The van der Waals surface area contributed by atoms with E-state index in [1.807, 2.05) is 12.1 Å². The molecule has 0 aliphatic carbocycles. The van der Waals surface area contributed by atoms with Crippen molar-refractivity contribution in [3.05, 3.63) is 59.7 Å². The van der Waals surface area contributed by atoms with E-state index >= 15 is 0 Å². The van der Waals surface area contributed by atoms with Crippen LogP contribution in [0.1, 0.15) is 11.1 Å². The van der Waals surface area contributed by atoms with E-state index in [0.717, 1.165) is 12.1 Å². The molecular weight excluding hydrogens is 288 g/mol. The highest BCUT2D eigenvalue weighted by Crippen LogP contribution is 2.21. The van der Waals surface area contributed by atoms with Crippen molar-refractivity contribution in [2.75, 3.05) is 19.8 Å². The van der Waals surface area contributed by atoms with Gasteiger partial charge in [-0.3, -0.25) is 4.79 Å². The Bertz CT molecular complexity index is 679. The van der Waals surface area contributed by atoms with Crippen molar-refractivity contribution < 1.29 is 9.53 Å². The Labute approximate surface area is 136 Å². The first kappa shape index (κ1) is 15.7. The van der Waals surface area contributed by atoms with Gasteiger partial charge in [-0.15, -0.1) is 0 Å². The van der Waals surface area contributed by atoms with Crippen LogP contribution in [-0.2, 0) is 16.1 Å². The lowest BCUT2D eigenvalue weighted by atomic mass is 10.0. The van der Waals surface area contributed by atoms with Crippen LogP contribution >= 0.6 is 0 Å². The molecule has 0 aromatic heterocycles. The molecule has 1 saturated heterocycles. The fourth-order valence-electron chi connectivity index (χ4n) is 2.73. The summed E-state index contributed by atoms with van der Waals surface area (Å²) in [7, 11) is 0. The van der Waals surface area contributed by atoms with Crippen LogP contribution < -0.4 is 10.6 Å². The van der Waals surface area contributed by atoms with Gasteiger partial charge in [-0.25, -0.2) is 0 Å². The molecule has 1 heterocycles. The van der Waals surface area contributed by atoms with Crippen molar-refractivity contribution in [1.82, 2.24) is 10.6 Å². The highest BCUT2D eigenvalue weighted by atomic mass is 16.5. The lowest BCUT2D eigenvalue weighted by Crippen LogP contribution is -2.51. The second-order valence-electron chi connectivity index (χ2n) is 5.87. The molecule has 1 amide bonds. The maximum Gasteiger partial charge on any atom is 0.239 e. The molecule has 1 aliphatic heterocycles. The van der Waals surface area contributed by atoms with E-state index in [1.165, 1.54) is 16.7 Å². The molecule has 0 bridgehead atoms. The van der Waals surface area contributed by atoms with E-state index in [0.29, 0.717) is 19.8 Å². The first-order chi connectivity index (χ1) is 11.2. The number of carbonyl (C=O) groups excluding carboxylic acids is 1. The largest absolute Gasteiger partial charge is 0.378 e. The van der Waals surface area contributed by atoms with Crippen LogP contribution in [-0.4, -0.2) is 31.7 Å². The number of carbonyl (C=O) groups is 1. The third kappa shape index (κ3) is 4.18. The van der Waals surface area contributed by atoms with Crippen LogP contribution in [0.2, 0.25) is 0 Å². The summed E-state index contributed by atoms with van der Waals surface area (Å²) in [5.41, 5.74) is 4.69. The summed E-state index contributed by atoms with van der Waals surface area (Å²) in [5, 5.41) is 6.14. The molecule has 4 nitrogen and oxygen atoms in total. The van der Waals surface area contributed by atoms with Gasteiger partial charge in [0.05, 0.1) is 13.2 Å². The average Bonchev–Trinajstić information content (AvgIpc) is 2.61. The normalized spacial score (nSPS) is 17.7. The van der Waals surface area contributed by atoms with E-state index in [9.17, 15) is 4.79 Å².